The van der Waals surface area contributed by atoms with Crippen LogP contribution in [0.2, 0.25) is 0 Å². The molecule has 16 nitrogen and oxygen atoms in total. The number of nitriles is 1. The standard InChI is InChI=1S/C53H54N2O14S2/c1-6-43(56)64-30-53(3,4)31-65-45(58)26-25-44(57)63-28-27-33-9-21-39(22-10-33)67-49(60)35-13-17-37(18-14-35)51(62)69-42-24-23-41(46-47(42)71-52(70-46)40(29-54)55-5)68-50(61)36-15-11-34(12-16-36)48(59)66-38-19-7-32(2)8-20-38/h6-10,19-24,34-37H,1,11-18,25-28,30-31H2,2-4H3/b52-40-. The smallest absolute Gasteiger partial charge is 0.330 e. The molecule has 0 amide bonds. The Kier molecular flexibility index (Phi) is 19.0. The van der Waals surface area contributed by atoms with Gasteiger partial charge in [0.25, 0.3) is 5.70 Å². The van der Waals surface area contributed by atoms with Crippen LogP contribution in [0.1, 0.15) is 89.2 Å². The van der Waals surface area contributed by atoms with Crippen molar-refractivity contribution in [3.05, 3.63) is 106 Å². The van der Waals surface area contributed by atoms with Crippen molar-refractivity contribution in [3.8, 4) is 29.1 Å². The summed E-state index contributed by atoms with van der Waals surface area (Å²) in [5, 5.41) is 9.64. The van der Waals surface area contributed by atoms with Gasteiger partial charge in [0.15, 0.2) is 0 Å². The zero-order valence-electron chi connectivity index (χ0n) is 39.7. The molecule has 0 N–H and O–H groups in total. The molecule has 0 radical (unpaired) electrons. The molecule has 18 heteroatoms. The highest BCUT2D eigenvalue weighted by molar-refractivity contribution is 8.24. The maximum atomic E-state index is 13.6. The topological polar surface area (TPSA) is 212 Å². The number of thioether (sulfide) groups is 2. The molecule has 0 spiro atoms. The monoisotopic (exact) mass is 1010 g/mol. The van der Waals surface area contributed by atoms with E-state index >= 15 is 0 Å². The molecule has 1 heterocycles. The fraction of sp³-hybridized carbons (Fsp3) is 0.415. The first kappa shape index (κ1) is 53.5. The van der Waals surface area contributed by atoms with Gasteiger partial charge in [-0.25, -0.2) is 14.9 Å². The van der Waals surface area contributed by atoms with Crippen LogP contribution in [0.15, 0.2) is 93.0 Å². The molecule has 372 valence electrons. The predicted octanol–water partition coefficient (Wildman–Crippen LogP) is 9.60. The Morgan fingerprint density at radius 2 is 1.08 bits per heavy atom. The minimum Gasteiger partial charge on any atom is -0.465 e. The second-order valence-corrected chi connectivity index (χ2v) is 20.4. The summed E-state index contributed by atoms with van der Waals surface area (Å²) < 4.78 is 38.9. The Bertz CT molecular complexity index is 2600. The number of rotatable bonds is 19. The van der Waals surface area contributed by atoms with Crippen molar-refractivity contribution < 1.29 is 66.7 Å². The van der Waals surface area contributed by atoms with Gasteiger partial charge in [-0.2, -0.15) is 0 Å². The number of fused-ring (bicyclic) bond motifs is 1. The molecule has 3 aromatic rings. The molecule has 2 saturated carbocycles. The van der Waals surface area contributed by atoms with Crippen LogP contribution in [-0.2, 0) is 54.2 Å². The van der Waals surface area contributed by atoms with E-state index in [1.54, 1.807) is 50.2 Å². The lowest BCUT2D eigenvalue weighted by atomic mass is 9.82. The van der Waals surface area contributed by atoms with Gasteiger partial charge in [0, 0.05) is 17.9 Å². The lowest BCUT2D eigenvalue weighted by Gasteiger charge is -2.26. The van der Waals surface area contributed by atoms with E-state index in [2.05, 4.69) is 11.4 Å². The SMILES string of the molecule is [C-]#[N+]/C(C#N)=C1/Sc2c(OC(=O)C3CCC(C(=O)Oc4ccc(C)cc4)CC3)ccc(OC(=O)C3CCC(C(=O)Oc4ccc(CCOC(=O)CCC(=O)OCC(C)(C)COC(=O)C=C)cc4)CC3)c2S1. The minimum absolute atomic E-state index is 0.00147. The van der Waals surface area contributed by atoms with E-state index in [0.29, 0.717) is 83.3 Å². The number of ether oxygens (including phenoxy) is 7. The summed E-state index contributed by atoms with van der Waals surface area (Å²) in [6.45, 7) is 16.4. The fourth-order valence-electron chi connectivity index (χ4n) is 7.82. The second kappa shape index (κ2) is 25.3. The minimum atomic E-state index is -0.619. The lowest BCUT2D eigenvalue weighted by molar-refractivity contribution is -0.154. The first-order valence-corrected chi connectivity index (χ1v) is 24.8. The number of carbonyl (C=O) groups is 7. The van der Waals surface area contributed by atoms with Crippen LogP contribution in [-0.4, -0.2) is 61.6 Å². The van der Waals surface area contributed by atoms with E-state index in [1.807, 2.05) is 25.1 Å². The maximum absolute atomic E-state index is 13.6. The van der Waals surface area contributed by atoms with Gasteiger partial charge in [0.2, 0.25) is 0 Å². The summed E-state index contributed by atoms with van der Waals surface area (Å²) in [4.78, 5) is 92.9. The number of hydrogen-bond acceptors (Lipinski definition) is 17. The lowest BCUT2D eigenvalue weighted by Crippen LogP contribution is -2.30. The van der Waals surface area contributed by atoms with E-state index in [9.17, 15) is 38.8 Å². The van der Waals surface area contributed by atoms with Crippen LogP contribution < -0.4 is 18.9 Å². The first-order valence-electron chi connectivity index (χ1n) is 23.2. The fourth-order valence-corrected chi connectivity index (χ4v) is 10.3. The average molecular weight is 1010 g/mol. The number of benzene rings is 3. The molecule has 3 aliphatic rings. The number of hydrogen-bond donors (Lipinski definition) is 0. The zero-order valence-corrected chi connectivity index (χ0v) is 41.3. The molecule has 0 bridgehead atoms. The number of esters is 7. The van der Waals surface area contributed by atoms with Crippen LogP contribution in [0.4, 0.5) is 0 Å². The molecule has 0 atom stereocenters. The van der Waals surface area contributed by atoms with Gasteiger partial charge in [0.1, 0.15) is 23.0 Å². The highest BCUT2D eigenvalue weighted by Gasteiger charge is 2.37. The first-order chi connectivity index (χ1) is 34.0. The van der Waals surface area contributed by atoms with Gasteiger partial charge >= 0.3 is 41.8 Å². The normalized spacial score (nSPS) is 19.0. The Morgan fingerprint density at radius 3 is 1.52 bits per heavy atom. The van der Waals surface area contributed by atoms with E-state index in [0.717, 1.165) is 40.7 Å². The predicted molar refractivity (Wildman–Crippen MR) is 258 cm³/mol. The average Bonchev–Trinajstić information content (AvgIpc) is 3.83. The van der Waals surface area contributed by atoms with Crippen LogP contribution in [0.5, 0.6) is 23.0 Å². The Morgan fingerprint density at radius 1 is 0.662 bits per heavy atom. The third-order valence-electron chi connectivity index (χ3n) is 12.0. The van der Waals surface area contributed by atoms with Crippen molar-refractivity contribution in [1.82, 2.24) is 0 Å². The summed E-state index contributed by atoms with van der Waals surface area (Å²) in [6, 6.07) is 19.0. The van der Waals surface area contributed by atoms with Crippen molar-refractivity contribution >= 4 is 65.3 Å². The van der Waals surface area contributed by atoms with Crippen molar-refractivity contribution in [2.45, 2.75) is 101 Å². The molecule has 6 rings (SSSR count). The molecular formula is C53H54N2O14S2. The third kappa shape index (κ3) is 15.6. The van der Waals surface area contributed by atoms with Gasteiger partial charge in [0.05, 0.1) is 83.0 Å². The van der Waals surface area contributed by atoms with Crippen molar-refractivity contribution in [1.29, 1.82) is 5.26 Å². The van der Waals surface area contributed by atoms with Crippen molar-refractivity contribution in [3.63, 3.8) is 0 Å². The number of carbonyl (C=O) groups excluding carboxylic acids is 7. The van der Waals surface area contributed by atoms with E-state index in [4.69, 9.17) is 39.7 Å². The Hall–Kier alpha value is -6.89. The molecule has 0 unspecified atom stereocenters. The molecule has 1 aliphatic heterocycles. The highest BCUT2D eigenvalue weighted by atomic mass is 32.2. The summed E-state index contributed by atoms with van der Waals surface area (Å²) in [5.74, 6) is -3.99. The van der Waals surface area contributed by atoms with Gasteiger partial charge in [-0.05, 0) is 100 Å². The van der Waals surface area contributed by atoms with E-state index < -0.39 is 59.0 Å². The van der Waals surface area contributed by atoms with Crippen molar-refractivity contribution in [2.75, 3.05) is 19.8 Å². The maximum Gasteiger partial charge on any atom is 0.330 e. The summed E-state index contributed by atoms with van der Waals surface area (Å²) in [5.41, 5.74) is 1.10. The quantitative estimate of drug-likeness (QED) is 0.0273. The largest absolute Gasteiger partial charge is 0.465 e. The van der Waals surface area contributed by atoms with Gasteiger partial charge in [-0.3, -0.25) is 28.8 Å². The van der Waals surface area contributed by atoms with Crippen LogP contribution in [0.25, 0.3) is 4.85 Å². The van der Waals surface area contributed by atoms with Crippen LogP contribution >= 0.6 is 23.5 Å². The number of aryl methyl sites for hydroxylation is 1. The molecule has 0 saturated heterocycles. The summed E-state index contributed by atoms with van der Waals surface area (Å²) in [7, 11) is 0. The third-order valence-corrected chi connectivity index (χ3v) is 14.6. The summed E-state index contributed by atoms with van der Waals surface area (Å²) in [6.07, 6.45) is 4.41. The molecule has 71 heavy (non-hydrogen) atoms. The van der Waals surface area contributed by atoms with Crippen LogP contribution in [0.3, 0.4) is 0 Å². The zero-order chi connectivity index (χ0) is 51.1. The van der Waals surface area contributed by atoms with Gasteiger partial charge < -0.3 is 33.2 Å². The van der Waals surface area contributed by atoms with Crippen molar-refractivity contribution in [2.24, 2.45) is 29.1 Å². The molecule has 2 fully saturated rings. The number of allylic oxidation sites excluding steroid dienone is 1. The number of nitrogens with zero attached hydrogens (tertiary/aromatic N) is 2. The van der Waals surface area contributed by atoms with Gasteiger partial charge in [-0.1, -0.05) is 73.8 Å². The van der Waals surface area contributed by atoms with E-state index in [-0.39, 0.29) is 61.7 Å². The van der Waals surface area contributed by atoms with Gasteiger partial charge in [-0.15, -0.1) is 0 Å². The van der Waals surface area contributed by atoms with Crippen LogP contribution in [0, 0.1) is 53.9 Å². The Labute approximate surface area is 420 Å². The molecular weight excluding hydrogens is 953 g/mol. The Balaban J connectivity index is 0.931. The highest BCUT2D eigenvalue weighted by Crippen LogP contribution is 2.59. The molecule has 3 aromatic carbocycles. The molecule has 2 aliphatic carbocycles. The molecule has 0 aromatic heterocycles. The van der Waals surface area contributed by atoms with E-state index in [1.165, 1.54) is 12.1 Å². The second-order valence-electron chi connectivity index (χ2n) is 18.1. The summed E-state index contributed by atoms with van der Waals surface area (Å²) >= 11 is 2.18.